The smallest absolute Gasteiger partial charge is 0.257 e. The van der Waals surface area contributed by atoms with Crippen LogP contribution in [0.15, 0.2) is 60.9 Å². The Hall–Kier alpha value is -3.91. The van der Waals surface area contributed by atoms with Crippen molar-refractivity contribution in [1.29, 1.82) is 0 Å². The number of nitrogens with zero attached hydrogens (tertiary/aromatic N) is 4. The van der Waals surface area contributed by atoms with Gasteiger partial charge in [-0.05, 0) is 35.9 Å². The third-order valence-corrected chi connectivity index (χ3v) is 5.41. The fourth-order valence-corrected chi connectivity index (χ4v) is 3.70. The molecule has 0 radical (unpaired) electrons. The molecule has 2 aromatic carbocycles. The molecule has 3 N–H and O–H groups in total. The number of hydrogen-bond donors (Lipinski definition) is 2. The molecule has 1 saturated heterocycles. The van der Waals surface area contributed by atoms with E-state index in [0.29, 0.717) is 48.9 Å². The van der Waals surface area contributed by atoms with Crippen molar-refractivity contribution in [2.75, 3.05) is 32.0 Å². The first-order valence-electron chi connectivity index (χ1n) is 10.0. The summed E-state index contributed by atoms with van der Waals surface area (Å²) < 4.78 is 6.99. The molecule has 0 unspecified atom stereocenters. The summed E-state index contributed by atoms with van der Waals surface area (Å²) >= 11 is 0. The number of benzene rings is 2. The predicted octanol–water partition coefficient (Wildman–Crippen LogP) is 2.82. The second kappa shape index (κ2) is 7.73. The van der Waals surface area contributed by atoms with Crippen molar-refractivity contribution in [1.82, 2.24) is 19.5 Å². The number of fused-ring (bicyclic) bond motifs is 1. The topological polar surface area (TPSA) is 106 Å². The van der Waals surface area contributed by atoms with Crippen molar-refractivity contribution in [2.24, 2.45) is 0 Å². The van der Waals surface area contributed by atoms with Gasteiger partial charge in [-0.1, -0.05) is 18.2 Å². The van der Waals surface area contributed by atoms with Crippen LogP contribution in [0.4, 0.5) is 5.69 Å². The van der Waals surface area contributed by atoms with Crippen LogP contribution in [0.5, 0.6) is 5.75 Å². The average molecular weight is 415 g/mol. The van der Waals surface area contributed by atoms with E-state index in [1.807, 2.05) is 36.5 Å². The van der Waals surface area contributed by atoms with E-state index in [1.54, 1.807) is 33.8 Å². The van der Waals surface area contributed by atoms with Crippen LogP contribution < -0.4 is 5.73 Å². The highest BCUT2D eigenvalue weighted by Gasteiger charge is 2.21. The molecule has 0 bridgehead atoms. The summed E-state index contributed by atoms with van der Waals surface area (Å²) in [6, 6.07) is 14.4. The molecule has 1 aliphatic rings. The minimum absolute atomic E-state index is 0.0667. The number of phenols is 1. The quantitative estimate of drug-likeness (QED) is 0.499. The Morgan fingerprint density at radius 3 is 2.52 bits per heavy atom. The first kappa shape index (κ1) is 19.1. The van der Waals surface area contributed by atoms with Gasteiger partial charge in [0, 0.05) is 36.1 Å². The van der Waals surface area contributed by atoms with Gasteiger partial charge in [-0.25, -0.2) is 9.50 Å². The molecule has 31 heavy (non-hydrogen) atoms. The van der Waals surface area contributed by atoms with E-state index in [-0.39, 0.29) is 17.2 Å². The molecule has 1 amide bonds. The standard InChI is InChI=1S/C23H21N5O3/c24-17-4-1-15(2-5-17)19-14-25-28-8-7-20(26-22(19)28)16-3-6-18(21(29)13-16)23(30)27-9-11-31-12-10-27/h1-8,13-14,29H,9-12,24H2. The fourth-order valence-electron chi connectivity index (χ4n) is 3.70. The number of morpholine rings is 1. The van der Waals surface area contributed by atoms with Crippen molar-refractivity contribution in [2.45, 2.75) is 0 Å². The third kappa shape index (κ3) is 3.57. The maximum absolute atomic E-state index is 12.7. The Bertz CT molecular complexity index is 1260. The largest absolute Gasteiger partial charge is 0.507 e. The van der Waals surface area contributed by atoms with Gasteiger partial charge in [0.1, 0.15) is 5.75 Å². The number of rotatable bonds is 3. The van der Waals surface area contributed by atoms with Crippen LogP contribution in [0.2, 0.25) is 0 Å². The molecule has 0 saturated carbocycles. The summed E-state index contributed by atoms with van der Waals surface area (Å²) in [7, 11) is 0. The summed E-state index contributed by atoms with van der Waals surface area (Å²) in [5.41, 5.74) is 10.7. The predicted molar refractivity (Wildman–Crippen MR) is 117 cm³/mol. The van der Waals surface area contributed by atoms with Gasteiger partial charge >= 0.3 is 0 Å². The lowest BCUT2D eigenvalue weighted by molar-refractivity contribution is 0.0301. The number of carbonyl (C=O) groups excluding carboxylic acids is 1. The van der Waals surface area contributed by atoms with Gasteiger partial charge in [0.05, 0.1) is 30.7 Å². The van der Waals surface area contributed by atoms with Crippen molar-refractivity contribution in [3.63, 3.8) is 0 Å². The number of hydrogen-bond acceptors (Lipinski definition) is 6. The fraction of sp³-hybridized carbons (Fsp3) is 0.174. The molecule has 0 aliphatic carbocycles. The molecule has 1 aliphatic heterocycles. The summed E-state index contributed by atoms with van der Waals surface area (Å²) in [5, 5.41) is 14.9. The SMILES string of the molecule is Nc1ccc(-c2cnn3ccc(-c4ccc(C(=O)N5CCOCC5)c(O)c4)nc23)cc1. The molecule has 8 nitrogen and oxygen atoms in total. The molecular formula is C23H21N5O3. The van der Waals surface area contributed by atoms with E-state index in [2.05, 4.69) is 5.10 Å². The lowest BCUT2D eigenvalue weighted by atomic mass is 10.1. The Balaban J connectivity index is 1.49. The van der Waals surface area contributed by atoms with E-state index in [9.17, 15) is 9.90 Å². The Kier molecular flexibility index (Phi) is 4.76. The molecular weight excluding hydrogens is 394 g/mol. The molecule has 4 aromatic rings. The zero-order valence-corrected chi connectivity index (χ0v) is 16.7. The number of phenolic OH excluding ortho intramolecular Hbond substituents is 1. The van der Waals surface area contributed by atoms with Crippen LogP contribution in [0.25, 0.3) is 28.0 Å². The number of nitrogen functional groups attached to an aromatic ring is 1. The summed E-state index contributed by atoms with van der Waals surface area (Å²) in [5.74, 6) is -0.264. The van der Waals surface area contributed by atoms with E-state index >= 15 is 0 Å². The van der Waals surface area contributed by atoms with E-state index < -0.39 is 0 Å². The molecule has 3 heterocycles. The maximum Gasteiger partial charge on any atom is 0.257 e. The minimum Gasteiger partial charge on any atom is -0.507 e. The zero-order valence-electron chi connectivity index (χ0n) is 16.7. The summed E-state index contributed by atoms with van der Waals surface area (Å²) in [6.45, 7) is 2.06. The second-order valence-electron chi connectivity index (χ2n) is 7.40. The summed E-state index contributed by atoms with van der Waals surface area (Å²) in [4.78, 5) is 19.2. The molecule has 0 spiro atoms. The van der Waals surface area contributed by atoms with Crippen LogP contribution >= 0.6 is 0 Å². The Morgan fingerprint density at radius 1 is 1.03 bits per heavy atom. The van der Waals surface area contributed by atoms with Gasteiger partial charge in [0.2, 0.25) is 0 Å². The number of aromatic hydroxyl groups is 1. The van der Waals surface area contributed by atoms with Crippen LogP contribution in [0.1, 0.15) is 10.4 Å². The Morgan fingerprint density at radius 2 is 1.77 bits per heavy atom. The van der Waals surface area contributed by atoms with Gasteiger partial charge in [-0.3, -0.25) is 4.79 Å². The van der Waals surface area contributed by atoms with Crippen LogP contribution in [-0.2, 0) is 4.74 Å². The third-order valence-electron chi connectivity index (χ3n) is 5.41. The number of ether oxygens (including phenoxy) is 1. The number of aromatic nitrogens is 3. The molecule has 5 rings (SSSR count). The van der Waals surface area contributed by atoms with E-state index in [0.717, 1.165) is 11.1 Å². The lowest BCUT2D eigenvalue weighted by Crippen LogP contribution is -2.40. The van der Waals surface area contributed by atoms with Gasteiger partial charge < -0.3 is 20.5 Å². The molecule has 156 valence electrons. The normalized spacial score (nSPS) is 14.1. The van der Waals surface area contributed by atoms with Crippen LogP contribution in [0.3, 0.4) is 0 Å². The van der Waals surface area contributed by atoms with Crippen molar-refractivity contribution >= 4 is 17.2 Å². The highest BCUT2D eigenvalue weighted by Crippen LogP contribution is 2.29. The maximum atomic E-state index is 12.7. The molecule has 1 fully saturated rings. The number of amides is 1. The molecule has 0 atom stereocenters. The monoisotopic (exact) mass is 415 g/mol. The minimum atomic E-state index is -0.197. The Labute approximate surface area is 178 Å². The zero-order chi connectivity index (χ0) is 21.4. The lowest BCUT2D eigenvalue weighted by Gasteiger charge is -2.27. The summed E-state index contributed by atoms with van der Waals surface area (Å²) in [6.07, 6.45) is 3.58. The van der Waals surface area contributed by atoms with Crippen molar-refractivity contribution < 1.29 is 14.6 Å². The molecule has 2 aromatic heterocycles. The van der Waals surface area contributed by atoms with E-state index in [4.69, 9.17) is 15.5 Å². The van der Waals surface area contributed by atoms with Crippen molar-refractivity contribution in [3.05, 3.63) is 66.5 Å². The highest BCUT2D eigenvalue weighted by atomic mass is 16.5. The first-order valence-corrected chi connectivity index (χ1v) is 10.0. The van der Waals surface area contributed by atoms with Crippen LogP contribution in [-0.4, -0.2) is 56.8 Å². The average Bonchev–Trinajstić information content (AvgIpc) is 3.23. The van der Waals surface area contributed by atoms with Gasteiger partial charge in [-0.2, -0.15) is 5.10 Å². The number of anilines is 1. The number of nitrogens with two attached hydrogens (primary N) is 1. The number of carbonyl (C=O) groups is 1. The second-order valence-corrected chi connectivity index (χ2v) is 7.40. The van der Waals surface area contributed by atoms with Crippen molar-refractivity contribution in [3.8, 4) is 28.1 Å². The van der Waals surface area contributed by atoms with Gasteiger partial charge in [-0.15, -0.1) is 0 Å². The van der Waals surface area contributed by atoms with Gasteiger partial charge in [0.15, 0.2) is 5.65 Å². The van der Waals surface area contributed by atoms with E-state index in [1.165, 1.54) is 0 Å². The highest BCUT2D eigenvalue weighted by molar-refractivity contribution is 5.97. The first-order chi connectivity index (χ1) is 15.1. The molecule has 8 heteroatoms. The van der Waals surface area contributed by atoms with Gasteiger partial charge in [0.25, 0.3) is 5.91 Å². The van der Waals surface area contributed by atoms with Crippen LogP contribution in [0, 0.1) is 0 Å².